The third-order valence-corrected chi connectivity index (χ3v) is 7.85. The largest absolute Gasteiger partial charge is 0.493 e. The molecule has 1 aliphatic heterocycles. The van der Waals surface area contributed by atoms with Gasteiger partial charge in [0.15, 0.2) is 17.3 Å². The second-order valence-corrected chi connectivity index (χ2v) is 13.1. The second-order valence-electron chi connectivity index (χ2n) is 13.1. The van der Waals surface area contributed by atoms with Crippen molar-refractivity contribution in [2.45, 2.75) is 52.6 Å². The number of ether oxygens (including phenoxy) is 1. The van der Waals surface area contributed by atoms with Crippen LogP contribution in [0, 0.1) is 16.6 Å². The summed E-state index contributed by atoms with van der Waals surface area (Å²) in [6.45, 7) is 7.24. The molecule has 0 saturated heterocycles. The topological polar surface area (TPSA) is 138 Å². The van der Waals surface area contributed by atoms with Gasteiger partial charge in [-0.05, 0) is 41.7 Å². The number of carbonyl (C=O) groups is 3. The number of fused-ring (bicyclic) bond motifs is 1. The van der Waals surface area contributed by atoms with Gasteiger partial charge in [-0.15, -0.1) is 5.10 Å². The number of rotatable bonds is 8. The van der Waals surface area contributed by atoms with E-state index in [-0.39, 0.29) is 42.3 Å². The standard InChI is InChI=1S/C33H33F4N5O5/c1-31(2)13-23-25(24(43)14-31)22(11-10-21-9-8-19(15-39-21)18-6-5-7-20(34)12-18)26-27(29(44)46-17-32(3,4)16-38)41-42(28(26)40-23)47-30(45)33(35,36)37/h5-12,15,22,40H,13-14,16-17,38H2,1-4H3. The predicted molar refractivity (Wildman–Crippen MR) is 163 cm³/mol. The van der Waals surface area contributed by atoms with Gasteiger partial charge in [-0.3, -0.25) is 9.78 Å². The van der Waals surface area contributed by atoms with Crippen LogP contribution in [0.1, 0.15) is 68.2 Å². The van der Waals surface area contributed by atoms with E-state index in [4.69, 9.17) is 10.5 Å². The number of anilines is 1. The zero-order valence-electron chi connectivity index (χ0n) is 26.1. The quantitative estimate of drug-likeness (QED) is 0.234. The van der Waals surface area contributed by atoms with Crippen molar-refractivity contribution in [2.24, 2.45) is 16.6 Å². The van der Waals surface area contributed by atoms with Gasteiger partial charge in [-0.2, -0.15) is 13.2 Å². The fourth-order valence-electron chi connectivity index (χ4n) is 5.38. The van der Waals surface area contributed by atoms with E-state index in [1.54, 1.807) is 50.3 Å². The van der Waals surface area contributed by atoms with Crippen LogP contribution in [0.25, 0.3) is 17.2 Å². The molecule has 3 N–H and O–H groups in total. The van der Waals surface area contributed by atoms with Gasteiger partial charge in [0.25, 0.3) is 0 Å². The third-order valence-electron chi connectivity index (χ3n) is 7.85. The van der Waals surface area contributed by atoms with Crippen LogP contribution in [0.3, 0.4) is 0 Å². The SMILES string of the molecule is CC(C)(CN)COC(=O)c1nn(OC(=O)C(F)(F)F)c2c1C(C=Cc1ccc(-c3cccc(F)c3)cn1)C1=C(CC(C)(C)CC1=O)N2. The molecule has 14 heteroatoms. The van der Waals surface area contributed by atoms with E-state index >= 15 is 0 Å². The molecule has 10 nitrogen and oxygen atoms in total. The van der Waals surface area contributed by atoms with Crippen LogP contribution in [-0.2, 0) is 14.3 Å². The van der Waals surface area contributed by atoms with Gasteiger partial charge in [0.05, 0.1) is 12.3 Å². The first-order chi connectivity index (χ1) is 22.0. The number of esters is 1. The molecule has 0 bridgehead atoms. The van der Waals surface area contributed by atoms with Crippen molar-refractivity contribution in [3.05, 3.63) is 82.7 Å². The van der Waals surface area contributed by atoms with E-state index in [1.165, 1.54) is 18.3 Å². The van der Waals surface area contributed by atoms with Crippen molar-refractivity contribution in [3.8, 4) is 11.1 Å². The smallest absolute Gasteiger partial charge is 0.460 e. The van der Waals surface area contributed by atoms with E-state index in [2.05, 4.69) is 20.2 Å². The summed E-state index contributed by atoms with van der Waals surface area (Å²) in [7, 11) is 0. The molecular formula is C33H33F4N5O5. The highest BCUT2D eigenvalue weighted by atomic mass is 19.4. The van der Waals surface area contributed by atoms with Gasteiger partial charge in [-0.1, -0.05) is 56.8 Å². The van der Waals surface area contributed by atoms with Gasteiger partial charge in [0.1, 0.15) is 5.82 Å². The summed E-state index contributed by atoms with van der Waals surface area (Å²) in [5.41, 5.74) is 6.50. The summed E-state index contributed by atoms with van der Waals surface area (Å²) < 4.78 is 59.0. The van der Waals surface area contributed by atoms with E-state index in [9.17, 15) is 31.9 Å². The number of pyridine rings is 1. The molecule has 1 aliphatic carbocycles. The highest BCUT2D eigenvalue weighted by Gasteiger charge is 2.46. The fourth-order valence-corrected chi connectivity index (χ4v) is 5.38. The number of nitrogens with one attached hydrogen (secondary N) is 1. The molecule has 1 unspecified atom stereocenters. The van der Waals surface area contributed by atoms with Gasteiger partial charge in [0.2, 0.25) is 0 Å². The number of nitrogens with zero attached hydrogens (tertiary/aromatic N) is 3. The number of alkyl halides is 3. The average Bonchev–Trinajstić information content (AvgIpc) is 3.35. The summed E-state index contributed by atoms with van der Waals surface area (Å²) >= 11 is 0. The second kappa shape index (κ2) is 12.4. The zero-order chi connectivity index (χ0) is 34.3. The van der Waals surface area contributed by atoms with Crippen molar-refractivity contribution in [1.29, 1.82) is 0 Å². The Morgan fingerprint density at radius 3 is 2.53 bits per heavy atom. The molecular weight excluding hydrogens is 622 g/mol. The molecule has 2 aromatic heterocycles. The zero-order valence-corrected chi connectivity index (χ0v) is 26.1. The lowest BCUT2D eigenvalue weighted by Crippen LogP contribution is -2.36. The number of halogens is 4. The molecule has 0 radical (unpaired) electrons. The number of hydrogen-bond acceptors (Lipinski definition) is 9. The highest BCUT2D eigenvalue weighted by Crippen LogP contribution is 2.48. The van der Waals surface area contributed by atoms with Crippen molar-refractivity contribution >= 4 is 29.6 Å². The van der Waals surface area contributed by atoms with E-state index in [0.717, 1.165) is 0 Å². The van der Waals surface area contributed by atoms with Gasteiger partial charge >= 0.3 is 18.1 Å². The summed E-state index contributed by atoms with van der Waals surface area (Å²) in [5.74, 6) is -5.49. The third kappa shape index (κ3) is 7.27. The van der Waals surface area contributed by atoms with Crippen molar-refractivity contribution in [1.82, 2.24) is 14.9 Å². The molecule has 3 aromatic rings. The number of Topliss-reactive ketones (excluding diaryl/α,β-unsaturated/α-hetero) is 1. The Bertz CT molecular complexity index is 1790. The predicted octanol–water partition coefficient (Wildman–Crippen LogP) is 5.61. The number of nitrogens with two attached hydrogens (primary N) is 1. The number of hydrogen-bond donors (Lipinski definition) is 2. The lowest BCUT2D eigenvalue weighted by Gasteiger charge is -2.37. The highest BCUT2D eigenvalue weighted by molar-refractivity contribution is 6.03. The van der Waals surface area contributed by atoms with Crippen LogP contribution in [-0.4, -0.2) is 52.0 Å². The Labute approximate surface area is 267 Å². The number of allylic oxidation sites excluding steroid dienone is 3. The maximum absolute atomic E-state index is 13.7. The summed E-state index contributed by atoms with van der Waals surface area (Å²) in [6, 6.07) is 9.39. The molecule has 0 spiro atoms. The summed E-state index contributed by atoms with van der Waals surface area (Å²) in [6.07, 6.45) is -0.185. The Kier molecular flexibility index (Phi) is 8.84. The first kappa shape index (κ1) is 33.5. The Balaban J connectivity index is 1.61. The minimum Gasteiger partial charge on any atom is -0.460 e. The molecule has 2 aliphatic rings. The first-order valence-electron chi connectivity index (χ1n) is 14.7. The maximum Gasteiger partial charge on any atom is 0.493 e. The first-order valence-corrected chi connectivity index (χ1v) is 14.7. The van der Waals surface area contributed by atoms with Crippen LogP contribution >= 0.6 is 0 Å². The van der Waals surface area contributed by atoms with Crippen molar-refractivity contribution in [3.63, 3.8) is 0 Å². The van der Waals surface area contributed by atoms with Crippen LogP contribution in [0.4, 0.5) is 23.4 Å². The molecule has 0 amide bonds. The number of benzene rings is 1. The lowest BCUT2D eigenvalue weighted by molar-refractivity contribution is -0.201. The van der Waals surface area contributed by atoms with Gasteiger partial charge in [0, 0.05) is 52.9 Å². The molecule has 1 atom stereocenters. The monoisotopic (exact) mass is 655 g/mol. The Morgan fingerprint density at radius 1 is 1.15 bits per heavy atom. The maximum atomic E-state index is 13.7. The minimum absolute atomic E-state index is 0.0185. The lowest BCUT2D eigenvalue weighted by atomic mass is 9.70. The number of carbonyl (C=O) groups excluding carboxylic acids is 3. The Hall–Kier alpha value is -4.85. The van der Waals surface area contributed by atoms with Crippen LogP contribution in [0.5, 0.6) is 0 Å². The normalized spacial score (nSPS) is 17.6. The van der Waals surface area contributed by atoms with Gasteiger partial charge < -0.3 is 20.6 Å². The van der Waals surface area contributed by atoms with Gasteiger partial charge in [-0.25, -0.2) is 14.0 Å². The van der Waals surface area contributed by atoms with Crippen LogP contribution in [0.15, 0.2) is 59.9 Å². The minimum atomic E-state index is -5.37. The average molecular weight is 656 g/mol. The van der Waals surface area contributed by atoms with Crippen LogP contribution < -0.4 is 15.9 Å². The molecule has 0 fully saturated rings. The molecule has 248 valence electrons. The molecule has 3 heterocycles. The van der Waals surface area contributed by atoms with E-state index < -0.39 is 46.4 Å². The molecule has 47 heavy (non-hydrogen) atoms. The van der Waals surface area contributed by atoms with E-state index in [1.807, 2.05) is 13.8 Å². The van der Waals surface area contributed by atoms with Crippen LogP contribution in [0.2, 0.25) is 0 Å². The fraction of sp³-hybridized carbons (Fsp3) is 0.364. The molecule has 1 aromatic carbocycles. The summed E-state index contributed by atoms with van der Waals surface area (Å²) in [4.78, 5) is 48.3. The van der Waals surface area contributed by atoms with E-state index in [0.29, 0.717) is 33.8 Å². The van der Waals surface area contributed by atoms with Crippen molar-refractivity contribution in [2.75, 3.05) is 18.5 Å². The molecule has 0 saturated carbocycles. The Morgan fingerprint density at radius 2 is 1.89 bits per heavy atom. The number of aromatic nitrogens is 3. The van der Waals surface area contributed by atoms with Crippen molar-refractivity contribution < 1.29 is 41.5 Å². The summed E-state index contributed by atoms with van der Waals surface area (Å²) in [5, 5.41) is 6.87. The number of ketones is 1. The molecule has 5 rings (SSSR count).